The fourth-order valence-electron chi connectivity index (χ4n) is 11.1. The van der Waals surface area contributed by atoms with Crippen LogP contribution in [0.15, 0.2) is 193 Å². The third-order valence-corrected chi connectivity index (χ3v) is 15.9. The molecule has 1 aromatic heterocycles. The van der Waals surface area contributed by atoms with E-state index in [4.69, 9.17) is 37.9 Å². The molecular formula is C71H68N4O15. The van der Waals surface area contributed by atoms with Crippen molar-refractivity contribution in [3.8, 4) is 28.4 Å². The average Bonchev–Trinajstić information content (AvgIpc) is 1.15. The molecule has 2 amide bonds. The summed E-state index contributed by atoms with van der Waals surface area (Å²) in [5.41, 5.74) is 6.60. The summed E-state index contributed by atoms with van der Waals surface area (Å²) in [6.45, 7) is 1.39. The fourth-order valence-corrected chi connectivity index (χ4v) is 11.1. The molecule has 0 bridgehead atoms. The zero-order valence-corrected chi connectivity index (χ0v) is 50.2. The summed E-state index contributed by atoms with van der Waals surface area (Å²) in [5, 5.41) is 2.68. The van der Waals surface area contributed by atoms with Crippen LogP contribution >= 0.6 is 0 Å². The minimum atomic E-state index is -1.25. The van der Waals surface area contributed by atoms with Crippen LogP contribution in [0.1, 0.15) is 94.1 Å². The van der Waals surface area contributed by atoms with Gasteiger partial charge in [-0.25, -0.2) is 14.4 Å². The first-order valence-corrected chi connectivity index (χ1v) is 29.5. The molecule has 3 atom stereocenters. The molecule has 0 saturated carbocycles. The highest BCUT2D eigenvalue weighted by Crippen LogP contribution is 2.45. The van der Waals surface area contributed by atoms with E-state index in [0.717, 1.165) is 44.5 Å². The number of rotatable bonds is 26. The monoisotopic (exact) mass is 1220 g/mol. The maximum Gasteiger partial charge on any atom is 0.513 e. The number of ether oxygens (including phenoxy) is 8. The van der Waals surface area contributed by atoms with Gasteiger partial charge in [0.25, 0.3) is 5.91 Å². The molecule has 8 aromatic rings. The number of hydrogen-bond donors (Lipinski definition) is 1. The summed E-state index contributed by atoms with van der Waals surface area (Å²) in [4.78, 5) is 96.2. The number of amides is 2. The van der Waals surface area contributed by atoms with Gasteiger partial charge in [0.2, 0.25) is 0 Å². The smallest absolute Gasteiger partial charge is 0.497 e. The van der Waals surface area contributed by atoms with Gasteiger partial charge in [0.05, 0.1) is 33.8 Å². The quantitative estimate of drug-likeness (QED) is 0.0230. The number of aryl methyl sites for hydroxylation is 1. The molecule has 0 radical (unpaired) electrons. The Labute approximate surface area is 520 Å². The molecule has 1 aliphatic heterocycles. The van der Waals surface area contributed by atoms with Crippen LogP contribution in [-0.4, -0.2) is 110 Å². The number of ketones is 2. The van der Waals surface area contributed by atoms with Crippen molar-refractivity contribution in [1.82, 2.24) is 14.5 Å². The van der Waals surface area contributed by atoms with Gasteiger partial charge < -0.3 is 52.9 Å². The molecule has 462 valence electrons. The third-order valence-electron chi connectivity index (χ3n) is 15.9. The predicted molar refractivity (Wildman–Crippen MR) is 333 cm³/mol. The Morgan fingerprint density at radius 2 is 1.24 bits per heavy atom. The number of Topliss-reactive ketones (excluding diaryl/α,β-unsaturated/α-hetero) is 2. The first-order valence-electron chi connectivity index (χ1n) is 29.5. The van der Waals surface area contributed by atoms with Crippen LogP contribution in [0.25, 0.3) is 11.1 Å². The standard InChI is InChI=1S/C71H68N4O15/c1-46(76)18-37-66(78)90-62-43-65(89-63(62)45-87-71(50-12-6-5-7-13-50,51-26-33-54(83-3)34-27-51)52-28-35-55(84-4)36-29-52)75-39-38-64(73-68(75)80)72-67(79)49-24-19-47(20-25-49)21-30-53(77)42-48-22-31-56(32-23-48)88-70(82)85-41-40-74(2)69(81)86-44-61-59-16-10-8-14-57(59)58-15-9-11-17-60(58)61/h5-17,19-20,22-29,31-36,38-39,61-63,65H,18,21,30,37,40-45H2,1-4H3,(H,72,73,79,80)/t62?,63-,65-/m1/s1. The Balaban J connectivity index is 0.695. The number of anilines is 1. The van der Waals surface area contributed by atoms with Gasteiger partial charge in [0, 0.05) is 50.4 Å². The van der Waals surface area contributed by atoms with Crippen LogP contribution in [-0.2, 0) is 56.5 Å². The van der Waals surface area contributed by atoms with Crippen molar-refractivity contribution in [2.75, 3.05) is 52.9 Å². The topological polar surface area (TPSA) is 226 Å². The minimum absolute atomic E-state index is 0.00956. The maximum absolute atomic E-state index is 13.8. The normalized spacial score (nSPS) is 15.0. The average molecular weight is 1220 g/mol. The number of carbonyl (C=O) groups is 6. The van der Waals surface area contributed by atoms with Gasteiger partial charge in [-0.1, -0.05) is 127 Å². The highest BCUT2D eigenvalue weighted by Gasteiger charge is 2.44. The molecule has 7 aromatic carbocycles. The van der Waals surface area contributed by atoms with Crippen molar-refractivity contribution in [2.45, 2.75) is 75.4 Å². The molecule has 90 heavy (non-hydrogen) atoms. The predicted octanol–water partition coefficient (Wildman–Crippen LogP) is 11.2. The molecule has 1 saturated heterocycles. The van der Waals surface area contributed by atoms with E-state index < -0.39 is 53.9 Å². The maximum atomic E-state index is 13.8. The summed E-state index contributed by atoms with van der Waals surface area (Å²) in [5.74, 6) is 0.0678. The summed E-state index contributed by atoms with van der Waals surface area (Å²) in [6.07, 6.45) is -2.19. The fraction of sp³-hybridized carbons (Fsp3) is 0.268. The number of nitrogens with one attached hydrogen (secondary N) is 1. The first kappa shape index (κ1) is 62.8. The van der Waals surface area contributed by atoms with Crippen LogP contribution in [0.3, 0.4) is 0 Å². The SMILES string of the molecule is COc1ccc(C(OC[C@H]2O[C@@H](n3ccc(NC(=O)c4ccc(CCC(=O)Cc5ccc(OC(=O)OCCN(C)C(=O)OCC6c7ccccc7-c7ccccc76)cc5)cc4)nc3=O)CC2OC(=O)CCC(C)=O)(c2ccccc2)c2ccc(OC)cc2)cc1. The van der Waals surface area contributed by atoms with Crippen LogP contribution in [0.4, 0.5) is 15.4 Å². The molecule has 19 nitrogen and oxygen atoms in total. The zero-order chi connectivity index (χ0) is 63.2. The van der Waals surface area contributed by atoms with Gasteiger partial charge in [-0.2, -0.15) is 4.98 Å². The van der Waals surface area contributed by atoms with E-state index in [2.05, 4.69) is 22.4 Å². The Morgan fingerprint density at radius 3 is 1.86 bits per heavy atom. The second-order valence-corrected chi connectivity index (χ2v) is 21.8. The molecule has 1 N–H and O–H groups in total. The molecule has 1 aliphatic carbocycles. The van der Waals surface area contributed by atoms with Crippen molar-refractivity contribution in [2.24, 2.45) is 0 Å². The number of carbonyl (C=O) groups excluding carboxylic acids is 6. The van der Waals surface area contributed by atoms with E-state index in [-0.39, 0.29) is 93.1 Å². The summed E-state index contributed by atoms with van der Waals surface area (Å²) in [6, 6.07) is 55.5. The first-order chi connectivity index (χ1) is 43.7. The molecule has 2 aliphatic rings. The van der Waals surface area contributed by atoms with Gasteiger partial charge in [-0.3, -0.25) is 19.0 Å². The molecule has 2 heterocycles. The number of aromatic nitrogens is 2. The number of likely N-dealkylation sites (N-methyl/N-ethyl adjacent to an activating group) is 1. The van der Waals surface area contributed by atoms with Crippen molar-refractivity contribution < 1.29 is 66.7 Å². The van der Waals surface area contributed by atoms with Crippen LogP contribution in [0, 0.1) is 0 Å². The van der Waals surface area contributed by atoms with Crippen molar-refractivity contribution in [3.05, 3.63) is 243 Å². The number of methoxy groups -OCH3 is 2. The Morgan fingerprint density at radius 1 is 0.656 bits per heavy atom. The van der Waals surface area contributed by atoms with E-state index in [1.54, 1.807) is 69.8 Å². The van der Waals surface area contributed by atoms with E-state index in [1.807, 2.05) is 115 Å². The van der Waals surface area contributed by atoms with Crippen molar-refractivity contribution in [1.29, 1.82) is 0 Å². The molecule has 10 rings (SSSR count). The third kappa shape index (κ3) is 15.2. The van der Waals surface area contributed by atoms with Gasteiger partial charge in [-0.15, -0.1) is 0 Å². The van der Waals surface area contributed by atoms with Gasteiger partial charge in [0.1, 0.15) is 71.9 Å². The lowest BCUT2D eigenvalue weighted by atomic mass is 9.80. The molecular weight excluding hydrogens is 1150 g/mol. The summed E-state index contributed by atoms with van der Waals surface area (Å²) < 4.78 is 48.1. The van der Waals surface area contributed by atoms with Gasteiger partial charge in [0.15, 0.2) is 0 Å². The Hall–Kier alpha value is -10.2. The molecule has 0 spiro atoms. The lowest BCUT2D eigenvalue weighted by molar-refractivity contribution is -0.156. The summed E-state index contributed by atoms with van der Waals surface area (Å²) in [7, 11) is 4.73. The molecule has 1 unspecified atom stereocenters. The number of nitrogens with zero attached hydrogens (tertiary/aromatic N) is 3. The highest BCUT2D eigenvalue weighted by atomic mass is 16.7. The minimum Gasteiger partial charge on any atom is -0.497 e. The summed E-state index contributed by atoms with van der Waals surface area (Å²) >= 11 is 0. The number of benzene rings is 7. The lowest BCUT2D eigenvalue weighted by Crippen LogP contribution is -2.39. The van der Waals surface area contributed by atoms with E-state index in [1.165, 1.54) is 28.7 Å². The molecule has 1 fully saturated rings. The zero-order valence-electron chi connectivity index (χ0n) is 50.2. The lowest BCUT2D eigenvalue weighted by Gasteiger charge is -2.37. The number of esters is 1. The Bertz CT molecular complexity index is 3800. The van der Waals surface area contributed by atoms with E-state index in [0.29, 0.717) is 23.5 Å². The molecule has 19 heteroatoms. The number of fused-ring (bicyclic) bond motifs is 3. The van der Waals surface area contributed by atoms with Crippen LogP contribution in [0.2, 0.25) is 0 Å². The van der Waals surface area contributed by atoms with E-state index in [9.17, 15) is 33.6 Å². The Kier molecular flexibility index (Phi) is 20.4. The second kappa shape index (κ2) is 29.2. The van der Waals surface area contributed by atoms with Crippen molar-refractivity contribution >= 4 is 41.5 Å². The van der Waals surface area contributed by atoms with Crippen molar-refractivity contribution in [3.63, 3.8) is 0 Å². The largest absolute Gasteiger partial charge is 0.513 e. The van der Waals surface area contributed by atoms with Gasteiger partial charge >= 0.3 is 23.9 Å². The second-order valence-electron chi connectivity index (χ2n) is 21.8. The van der Waals surface area contributed by atoms with Crippen LogP contribution < -0.4 is 25.2 Å². The van der Waals surface area contributed by atoms with Gasteiger partial charge in [-0.05, 0) is 118 Å². The van der Waals surface area contributed by atoms with Crippen LogP contribution in [0.5, 0.6) is 17.2 Å². The highest BCUT2D eigenvalue weighted by molar-refractivity contribution is 6.03. The van der Waals surface area contributed by atoms with E-state index >= 15 is 0 Å². The number of hydrogen-bond acceptors (Lipinski definition) is 16.